The van der Waals surface area contributed by atoms with Crippen LogP contribution < -0.4 is 11.1 Å². The summed E-state index contributed by atoms with van der Waals surface area (Å²) < 4.78 is 0. The maximum atomic E-state index is 11.8. The number of amides is 1. The Morgan fingerprint density at radius 2 is 1.88 bits per heavy atom. The lowest BCUT2D eigenvalue weighted by Crippen LogP contribution is -2.35. The summed E-state index contributed by atoms with van der Waals surface area (Å²) in [5.41, 5.74) is 6.11. The fourth-order valence-corrected chi connectivity index (χ4v) is 2.68. The normalized spacial score (nSPS) is 36.8. The minimum Gasteiger partial charge on any atom is -0.356 e. The zero-order valence-corrected chi connectivity index (χ0v) is 10.5. The molecule has 1 atom stereocenters. The van der Waals surface area contributed by atoms with Crippen LogP contribution in [0.15, 0.2) is 0 Å². The van der Waals surface area contributed by atoms with Gasteiger partial charge in [-0.1, -0.05) is 13.8 Å². The van der Waals surface area contributed by atoms with E-state index in [0.29, 0.717) is 12.0 Å². The molecule has 0 bridgehead atoms. The Hall–Kier alpha value is -0.570. The van der Waals surface area contributed by atoms with Crippen molar-refractivity contribution in [2.24, 2.45) is 23.0 Å². The average molecular weight is 224 g/mol. The summed E-state index contributed by atoms with van der Waals surface area (Å²) in [5, 5.41) is 3.11. The van der Waals surface area contributed by atoms with Crippen molar-refractivity contribution < 1.29 is 4.79 Å². The number of nitrogens with one attached hydrogen (secondary N) is 1. The van der Waals surface area contributed by atoms with Gasteiger partial charge in [0.2, 0.25) is 5.91 Å². The van der Waals surface area contributed by atoms with E-state index in [1.807, 2.05) is 0 Å². The molecule has 2 saturated carbocycles. The Balaban J connectivity index is 1.66. The first-order valence-electron chi connectivity index (χ1n) is 6.52. The zero-order valence-electron chi connectivity index (χ0n) is 10.5. The second kappa shape index (κ2) is 4.36. The van der Waals surface area contributed by atoms with E-state index in [1.54, 1.807) is 0 Å². The highest BCUT2D eigenvalue weighted by atomic mass is 16.2. The van der Waals surface area contributed by atoms with Crippen LogP contribution in [0.5, 0.6) is 0 Å². The predicted molar refractivity (Wildman–Crippen MR) is 64.8 cm³/mol. The molecule has 1 amide bonds. The highest BCUT2D eigenvalue weighted by Crippen LogP contribution is 2.51. The SMILES string of the molecule is CC1(C)CC1C(=O)NCC1CCC(N)CC1. The van der Waals surface area contributed by atoms with Gasteiger partial charge in [-0.3, -0.25) is 4.79 Å². The third-order valence-corrected chi connectivity index (χ3v) is 4.29. The van der Waals surface area contributed by atoms with Crippen molar-refractivity contribution in [1.82, 2.24) is 5.32 Å². The predicted octanol–water partition coefficient (Wildman–Crippen LogP) is 1.67. The number of hydrogen-bond donors (Lipinski definition) is 2. The van der Waals surface area contributed by atoms with Crippen molar-refractivity contribution in [3.63, 3.8) is 0 Å². The van der Waals surface area contributed by atoms with E-state index in [2.05, 4.69) is 19.2 Å². The first-order valence-corrected chi connectivity index (χ1v) is 6.52. The molecule has 1 unspecified atom stereocenters. The highest BCUT2D eigenvalue weighted by molar-refractivity contribution is 5.82. The van der Waals surface area contributed by atoms with E-state index in [0.717, 1.165) is 25.8 Å². The van der Waals surface area contributed by atoms with E-state index in [9.17, 15) is 4.79 Å². The summed E-state index contributed by atoms with van der Waals surface area (Å²) in [4.78, 5) is 11.8. The average Bonchev–Trinajstić information content (AvgIpc) is 2.87. The Morgan fingerprint density at radius 1 is 1.31 bits per heavy atom. The molecule has 2 fully saturated rings. The molecule has 0 radical (unpaired) electrons. The third kappa shape index (κ3) is 2.76. The minimum absolute atomic E-state index is 0.249. The van der Waals surface area contributed by atoms with Crippen LogP contribution in [0.25, 0.3) is 0 Å². The maximum Gasteiger partial charge on any atom is 0.223 e. The van der Waals surface area contributed by atoms with Crippen LogP contribution >= 0.6 is 0 Å². The summed E-state index contributed by atoms with van der Waals surface area (Å²) in [6.07, 6.45) is 5.64. The molecule has 0 aliphatic heterocycles. The maximum absolute atomic E-state index is 11.8. The van der Waals surface area contributed by atoms with Crippen LogP contribution in [0, 0.1) is 17.3 Å². The van der Waals surface area contributed by atoms with Crippen molar-refractivity contribution in [2.45, 2.75) is 52.0 Å². The number of carbonyl (C=O) groups excluding carboxylic acids is 1. The molecule has 3 nitrogen and oxygen atoms in total. The molecule has 92 valence electrons. The van der Waals surface area contributed by atoms with E-state index in [1.165, 1.54) is 12.8 Å². The van der Waals surface area contributed by atoms with Gasteiger partial charge in [0.15, 0.2) is 0 Å². The first kappa shape index (κ1) is 11.9. The first-order chi connectivity index (χ1) is 7.49. The molecule has 0 aromatic carbocycles. The van der Waals surface area contributed by atoms with E-state index in [-0.39, 0.29) is 17.2 Å². The van der Waals surface area contributed by atoms with Crippen molar-refractivity contribution in [3.05, 3.63) is 0 Å². The minimum atomic E-state index is 0.249. The zero-order chi connectivity index (χ0) is 11.8. The Morgan fingerprint density at radius 3 is 2.38 bits per heavy atom. The second-order valence-corrected chi connectivity index (χ2v) is 6.27. The fourth-order valence-electron chi connectivity index (χ4n) is 2.68. The molecule has 0 aromatic heterocycles. The standard InChI is InChI=1S/C13H24N2O/c1-13(2)7-11(13)12(16)15-8-9-3-5-10(14)6-4-9/h9-11H,3-8,14H2,1-2H3,(H,15,16). The largest absolute Gasteiger partial charge is 0.356 e. The van der Waals surface area contributed by atoms with Crippen LogP contribution in [0.4, 0.5) is 0 Å². The molecular weight excluding hydrogens is 200 g/mol. The quantitative estimate of drug-likeness (QED) is 0.766. The van der Waals surface area contributed by atoms with Gasteiger partial charge in [0.1, 0.15) is 0 Å². The number of carbonyl (C=O) groups is 1. The lowest BCUT2D eigenvalue weighted by molar-refractivity contribution is -0.123. The van der Waals surface area contributed by atoms with Gasteiger partial charge in [0.05, 0.1) is 0 Å². The van der Waals surface area contributed by atoms with Gasteiger partial charge in [-0.25, -0.2) is 0 Å². The summed E-state index contributed by atoms with van der Waals surface area (Å²) in [7, 11) is 0. The van der Waals surface area contributed by atoms with E-state index >= 15 is 0 Å². The lowest BCUT2D eigenvalue weighted by Gasteiger charge is -2.26. The molecule has 0 saturated heterocycles. The number of hydrogen-bond acceptors (Lipinski definition) is 2. The van der Waals surface area contributed by atoms with Gasteiger partial charge in [-0.2, -0.15) is 0 Å². The van der Waals surface area contributed by atoms with Crippen molar-refractivity contribution >= 4 is 5.91 Å². The van der Waals surface area contributed by atoms with Gasteiger partial charge in [0, 0.05) is 18.5 Å². The Bertz CT molecular complexity index is 267. The van der Waals surface area contributed by atoms with Crippen LogP contribution in [0.2, 0.25) is 0 Å². The van der Waals surface area contributed by atoms with Crippen molar-refractivity contribution in [1.29, 1.82) is 0 Å². The molecule has 16 heavy (non-hydrogen) atoms. The van der Waals surface area contributed by atoms with Crippen molar-refractivity contribution in [2.75, 3.05) is 6.54 Å². The highest BCUT2D eigenvalue weighted by Gasteiger charge is 2.50. The van der Waals surface area contributed by atoms with Gasteiger partial charge in [0.25, 0.3) is 0 Å². The molecular formula is C13H24N2O. The Kier molecular flexibility index (Phi) is 3.24. The number of rotatable bonds is 3. The lowest BCUT2D eigenvalue weighted by atomic mass is 9.86. The molecule has 3 heteroatoms. The monoisotopic (exact) mass is 224 g/mol. The molecule has 2 aliphatic carbocycles. The molecule has 2 aliphatic rings. The molecule has 3 N–H and O–H groups in total. The smallest absolute Gasteiger partial charge is 0.223 e. The molecule has 2 rings (SSSR count). The van der Waals surface area contributed by atoms with Gasteiger partial charge in [-0.15, -0.1) is 0 Å². The summed E-state index contributed by atoms with van der Waals surface area (Å²) in [6, 6.07) is 0.398. The van der Waals surface area contributed by atoms with Crippen LogP contribution in [0.1, 0.15) is 46.0 Å². The summed E-state index contributed by atoms with van der Waals surface area (Å²) in [5.74, 6) is 1.18. The van der Waals surface area contributed by atoms with Gasteiger partial charge >= 0.3 is 0 Å². The number of nitrogens with two attached hydrogens (primary N) is 1. The molecule has 0 heterocycles. The Labute approximate surface area is 98.2 Å². The van der Waals surface area contributed by atoms with Gasteiger partial charge in [-0.05, 0) is 43.4 Å². The molecule has 0 aromatic rings. The van der Waals surface area contributed by atoms with E-state index in [4.69, 9.17) is 5.73 Å². The topological polar surface area (TPSA) is 55.1 Å². The van der Waals surface area contributed by atoms with E-state index < -0.39 is 0 Å². The second-order valence-electron chi connectivity index (χ2n) is 6.27. The van der Waals surface area contributed by atoms with Crippen molar-refractivity contribution in [3.8, 4) is 0 Å². The third-order valence-electron chi connectivity index (χ3n) is 4.29. The van der Waals surface area contributed by atoms with Crippen LogP contribution in [0.3, 0.4) is 0 Å². The van der Waals surface area contributed by atoms with Crippen LogP contribution in [-0.4, -0.2) is 18.5 Å². The summed E-state index contributed by atoms with van der Waals surface area (Å²) in [6.45, 7) is 5.19. The summed E-state index contributed by atoms with van der Waals surface area (Å²) >= 11 is 0. The molecule has 0 spiro atoms. The van der Waals surface area contributed by atoms with Crippen LogP contribution in [-0.2, 0) is 4.79 Å². The van der Waals surface area contributed by atoms with Gasteiger partial charge < -0.3 is 11.1 Å². The fraction of sp³-hybridized carbons (Fsp3) is 0.923.